The van der Waals surface area contributed by atoms with Gasteiger partial charge in [-0.3, -0.25) is 9.89 Å². The van der Waals surface area contributed by atoms with E-state index in [2.05, 4.69) is 17.1 Å². The largest absolute Gasteiger partial charge is 0.395 e. The predicted molar refractivity (Wildman–Crippen MR) is 66.8 cm³/mol. The van der Waals surface area contributed by atoms with Gasteiger partial charge in [0.2, 0.25) is 0 Å². The second-order valence-corrected chi connectivity index (χ2v) is 4.85. The highest BCUT2D eigenvalue weighted by atomic mass is 16.2. The van der Waals surface area contributed by atoms with Gasteiger partial charge in [0.05, 0.1) is 11.4 Å². The third kappa shape index (κ3) is 2.14. The first-order valence-corrected chi connectivity index (χ1v) is 6.17. The quantitative estimate of drug-likeness (QED) is 0.836. The van der Waals surface area contributed by atoms with E-state index in [1.54, 1.807) is 11.9 Å². The summed E-state index contributed by atoms with van der Waals surface area (Å²) in [5.41, 5.74) is 7.82. The van der Waals surface area contributed by atoms with Crippen LogP contribution in [0, 0.1) is 0 Å². The molecule has 94 valence electrons. The molecule has 0 saturated heterocycles. The fraction of sp³-hybridized carbons (Fsp3) is 0.667. The Morgan fingerprint density at radius 1 is 1.65 bits per heavy atom. The van der Waals surface area contributed by atoms with E-state index in [9.17, 15) is 4.79 Å². The third-order valence-corrected chi connectivity index (χ3v) is 3.59. The Kier molecular flexibility index (Phi) is 3.09. The van der Waals surface area contributed by atoms with Gasteiger partial charge >= 0.3 is 0 Å². The van der Waals surface area contributed by atoms with E-state index < -0.39 is 0 Å². The molecule has 5 heteroatoms. The van der Waals surface area contributed by atoms with E-state index in [1.165, 1.54) is 0 Å². The highest BCUT2D eigenvalue weighted by Gasteiger charge is 2.31. The molecule has 0 aliphatic heterocycles. The monoisotopic (exact) mass is 236 g/mol. The second-order valence-electron chi connectivity index (χ2n) is 4.85. The summed E-state index contributed by atoms with van der Waals surface area (Å²) in [4.78, 5) is 13.9. The maximum Gasteiger partial charge on any atom is 0.276 e. The topological polar surface area (TPSA) is 75.0 Å². The molecule has 2 rings (SSSR count). The summed E-state index contributed by atoms with van der Waals surface area (Å²) >= 11 is 0. The first-order valence-electron chi connectivity index (χ1n) is 6.17. The van der Waals surface area contributed by atoms with Crippen LogP contribution in [-0.4, -0.2) is 34.1 Å². The van der Waals surface area contributed by atoms with Crippen molar-refractivity contribution in [1.82, 2.24) is 15.1 Å². The van der Waals surface area contributed by atoms with Gasteiger partial charge in [0, 0.05) is 19.0 Å². The average Bonchev–Trinajstić information content (AvgIpc) is 3.10. The normalized spacial score (nSPS) is 16.9. The minimum atomic E-state index is -0.0972. The Bertz CT molecular complexity index is 422. The van der Waals surface area contributed by atoms with Crippen LogP contribution in [0.3, 0.4) is 0 Å². The Morgan fingerprint density at radius 2 is 2.29 bits per heavy atom. The SMILES string of the molecule is CCC(C)N(C)C(=O)c1n[nH]c(C2CC2)c1N. The molecule has 1 aromatic heterocycles. The van der Waals surface area contributed by atoms with E-state index in [1.807, 2.05) is 6.92 Å². The van der Waals surface area contributed by atoms with Crippen molar-refractivity contribution >= 4 is 11.6 Å². The Balaban J connectivity index is 2.19. The summed E-state index contributed by atoms with van der Waals surface area (Å²) < 4.78 is 0. The lowest BCUT2D eigenvalue weighted by molar-refractivity contribution is 0.0735. The average molecular weight is 236 g/mol. The summed E-state index contributed by atoms with van der Waals surface area (Å²) in [6.45, 7) is 4.07. The van der Waals surface area contributed by atoms with E-state index >= 15 is 0 Å². The predicted octanol–water partition coefficient (Wildman–Crippen LogP) is 1.74. The summed E-state index contributed by atoms with van der Waals surface area (Å²) in [5, 5.41) is 6.98. The molecule has 1 saturated carbocycles. The van der Waals surface area contributed by atoms with Crippen LogP contribution >= 0.6 is 0 Å². The lowest BCUT2D eigenvalue weighted by Crippen LogP contribution is -2.35. The standard InChI is InChI=1S/C12H20N4O/c1-4-7(2)16(3)12(17)11-9(13)10(14-15-11)8-5-6-8/h7-8H,4-6,13H2,1-3H3,(H,14,15). The number of hydrogen-bond acceptors (Lipinski definition) is 3. The number of aromatic amines is 1. The van der Waals surface area contributed by atoms with Crippen LogP contribution in [0.2, 0.25) is 0 Å². The molecule has 5 nitrogen and oxygen atoms in total. The zero-order chi connectivity index (χ0) is 12.6. The molecule has 0 bridgehead atoms. The lowest BCUT2D eigenvalue weighted by atomic mass is 10.2. The van der Waals surface area contributed by atoms with Gasteiger partial charge in [-0.2, -0.15) is 5.10 Å². The number of H-pyrrole nitrogens is 1. The number of hydrogen-bond donors (Lipinski definition) is 2. The maximum atomic E-state index is 12.2. The molecule has 1 amide bonds. The Labute approximate surface area is 101 Å². The molecule has 1 aromatic rings. The molecule has 17 heavy (non-hydrogen) atoms. The van der Waals surface area contributed by atoms with Crippen molar-refractivity contribution in [2.45, 2.75) is 45.1 Å². The van der Waals surface area contributed by atoms with Crippen LogP contribution in [0.1, 0.15) is 55.2 Å². The molecule has 0 radical (unpaired) electrons. The number of nitrogens with zero attached hydrogens (tertiary/aromatic N) is 2. The number of carbonyl (C=O) groups is 1. The number of aromatic nitrogens is 2. The maximum absolute atomic E-state index is 12.2. The van der Waals surface area contributed by atoms with Crippen LogP contribution in [0.5, 0.6) is 0 Å². The Morgan fingerprint density at radius 3 is 2.82 bits per heavy atom. The van der Waals surface area contributed by atoms with E-state index in [4.69, 9.17) is 5.73 Å². The molecule has 0 spiro atoms. The van der Waals surface area contributed by atoms with Crippen molar-refractivity contribution < 1.29 is 4.79 Å². The number of rotatable bonds is 4. The van der Waals surface area contributed by atoms with Gasteiger partial charge in [0.15, 0.2) is 5.69 Å². The molecule has 1 aliphatic rings. The van der Waals surface area contributed by atoms with Gasteiger partial charge in [0.25, 0.3) is 5.91 Å². The molecule has 1 unspecified atom stereocenters. The number of amides is 1. The Hall–Kier alpha value is -1.52. The van der Waals surface area contributed by atoms with Gasteiger partial charge in [-0.05, 0) is 26.2 Å². The van der Waals surface area contributed by atoms with Gasteiger partial charge in [-0.25, -0.2) is 0 Å². The van der Waals surface area contributed by atoms with Crippen molar-refractivity contribution in [3.05, 3.63) is 11.4 Å². The molecule has 1 atom stereocenters. The summed E-state index contributed by atoms with van der Waals surface area (Å²) in [5.74, 6) is 0.387. The zero-order valence-electron chi connectivity index (χ0n) is 10.7. The first kappa shape index (κ1) is 12.0. The number of carbonyl (C=O) groups excluding carboxylic acids is 1. The smallest absolute Gasteiger partial charge is 0.276 e. The van der Waals surface area contributed by atoms with Crippen molar-refractivity contribution in [3.8, 4) is 0 Å². The molecule has 1 heterocycles. The number of nitrogens with two attached hydrogens (primary N) is 1. The van der Waals surface area contributed by atoms with Crippen LogP contribution in [0.25, 0.3) is 0 Å². The number of nitrogens with one attached hydrogen (secondary N) is 1. The van der Waals surface area contributed by atoms with Crippen molar-refractivity contribution in [2.75, 3.05) is 12.8 Å². The summed E-state index contributed by atoms with van der Waals surface area (Å²) in [6, 6.07) is 0.197. The van der Waals surface area contributed by atoms with E-state index in [0.717, 1.165) is 25.0 Å². The zero-order valence-corrected chi connectivity index (χ0v) is 10.7. The first-order chi connectivity index (χ1) is 8.06. The molecule has 1 aliphatic carbocycles. The minimum Gasteiger partial charge on any atom is -0.395 e. The van der Waals surface area contributed by atoms with Crippen LogP contribution < -0.4 is 5.73 Å². The van der Waals surface area contributed by atoms with Crippen LogP contribution in [-0.2, 0) is 0 Å². The summed E-state index contributed by atoms with van der Waals surface area (Å²) in [7, 11) is 1.79. The molecular weight excluding hydrogens is 216 g/mol. The van der Waals surface area contributed by atoms with Crippen molar-refractivity contribution in [3.63, 3.8) is 0 Å². The fourth-order valence-corrected chi connectivity index (χ4v) is 1.85. The highest BCUT2D eigenvalue weighted by Crippen LogP contribution is 2.42. The molecule has 1 fully saturated rings. The minimum absolute atomic E-state index is 0.0972. The molecule has 0 aromatic carbocycles. The fourth-order valence-electron chi connectivity index (χ4n) is 1.85. The van der Waals surface area contributed by atoms with Gasteiger partial charge < -0.3 is 10.6 Å². The van der Waals surface area contributed by atoms with E-state index in [-0.39, 0.29) is 11.9 Å². The number of nitrogen functional groups attached to an aromatic ring is 1. The highest BCUT2D eigenvalue weighted by molar-refractivity contribution is 5.97. The second kappa shape index (κ2) is 4.39. The van der Waals surface area contributed by atoms with Crippen molar-refractivity contribution in [1.29, 1.82) is 0 Å². The van der Waals surface area contributed by atoms with Gasteiger partial charge in [0.1, 0.15) is 0 Å². The molecule has 3 N–H and O–H groups in total. The van der Waals surface area contributed by atoms with Crippen LogP contribution in [0.15, 0.2) is 0 Å². The molecular formula is C12H20N4O. The van der Waals surface area contributed by atoms with Crippen molar-refractivity contribution in [2.24, 2.45) is 0 Å². The third-order valence-electron chi connectivity index (χ3n) is 3.59. The van der Waals surface area contributed by atoms with Gasteiger partial charge in [-0.15, -0.1) is 0 Å². The van der Waals surface area contributed by atoms with E-state index in [0.29, 0.717) is 17.3 Å². The lowest BCUT2D eigenvalue weighted by Gasteiger charge is -2.22. The van der Waals surface area contributed by atoms with Gasteiger partial charge in [-0.1, -0.05) is 6.92 Å². The van der Waals surface area contributed by atoms with Crippen LogP contribution in [0.4, 0.5) is 5.69 Å². The number of anilines is 1. The summed E-state index contributed by atoms with van der Waals surface area (Å²) in [6.07, 6.45) is 3.20.